The van der Waals surface area contributed by atoms with E-state index >= 15 is 0 Å². The summed E-state index contributed by atoms with van der Waals surface area (Å²) in [7, 11) is 0. The first-order valence-corrected chi connectivity index (χ1v) is 6.67. The standard InChI is InChI=1S/C13H12N2O3S/c1-8-2-4-9(5-3-8)10(16)7-19-13-14-11(17)6-12(18)15-13/h2-5H,6-7H2,1H3,(H,14,15,17,18). The van der Waals surface area contributed by atoms with E-state index in [4.69, 9.17) is 0 Å². The number of aliphatic imine (C=N–C) groups is 1. The highest BCUT2D eigenvalue weighted by molar-refractivity contribution is 8.14. The lowest BCUT2D eigenvalue weighted by atomic mass is 10.1. The molecule has 6 heteroatoms. The van der Waals surface area contributed by atoms with Gasteiger partial charge in [-0.1, -0.05) is 41.6 Å². The number of thioether (sulfide) groups is 1. The second-order valence-corrected chi connectivity index (χ2v) is 5.08. The third kappa shape index (κ3) is 3.75. The topological polar surface area (TPSA) is 75.6 Å². The van der Waals surface area contributed by atoms with Crippen LogP contribution in [0.2, 0.25) is 0 Å². The maximum atomic E-state index is 11.9. The number of Topliss-reactive ketones (excluding diaryl/α,β-unsaturated/α-hetero) is 1. The molecule has 1 heterocycles. The summed E-state index contributed by atoms with van der Waals surface area (Å²) in [5.74, 6) is -0.797. The fraction of sp³-hybridized carbons (Fsp3) is 0.231. The highest BCUT2D eigenvalue weighted by Gasteiger charge is 2.19. The molecule has 0 unspecified atom stereocenters. The van der Waals surface area contributed by atoms with Gasteiger partial charge in [-0.2, -0.15) is 4.99 Å². The van der Waals surface area contributed by atoms with Crippen LogP contribution in [0, 0.1) is 6.92 Å². The number of hydrogen-bond donors (Lipinski definition) is 1. The Morgan fingerprint density at radius 1 is 1.32 bits per heavy atom. The number of ketones is 1. The Hall–Kier alpha value is -1.95. The van der Waals surface area contributed by atoms with Gasteiger partial charge in [-0.05, 0) is 6.92 Å². The van der Waals surface area contributed by atoms with E-state index < -0.39 is 5.91 Å². The largest absolute Gasteiger partial charge is 0.305 e. The predicted molar refractivity (Wildman–Crippen MR) is 73.2 cm³/mol. The van der Waals surface area contributed by atoms with E-state index in [-0.39, 0.29) is 29.0 Å². The van der Waals surface area contributed by atoms with Gasteiger partial charge in [0.15, 0.2) is 11.0 Å². The van der Waals surface area contributed by atoms with Crippen molar-refractivity contribution in [1.29, 1.82) is 0 Å². The molecule has 98 valence electrons. The minimum absolute atomic E-state index is 0.0695. The molecule has 1 N–H and O–H groups in total. The van der Waals surface area contributed by atoms with Gasteiger partial charge in [-0.25, -0.2) is 0 Å². The Kier molecular flexibility index (Phi) is 4.11. The molecular formula is C13H12N2O3S. The SMILES string of the molecule is Cc1ccc(C(=O)CSC2=NC(=O)CC(=O)N2)cc1. The average Bonchev–Trinajstić information content (AvgIpc) is 2.36. The van der Waals surface area contributed by atoms with Gasteiger partial charge in [0.2, 0.25) is 5.91 Å². The fourth-order valence-corrected chi connectivity index (χ4v) is 2.29. The highest BCUT2D eigenvalue weighted by atomic mass is 32.2. The summed E-state index contributed by atoms with van der Waals surface area (Å²) >= 11 is 1.06. The average molecular weight is 276 g/mol. The van der Waals surface area contributed by atoms with Crippen LogP contribution in [-0.2, 0) is 9.59 Å². The number of rotatable bonds is 3. The van der Waals surface area contributed by atoms with Crippen LogP contribution in [0.3, 0.4) is 0 Å². The predicted octanol–water partition coefficient (Wildman–Crippen LogP) is 1.31. The third-order valence-electron chi connectivity index (χ3n) is 2.50. The van der Waals surface area contributed by atoms with E-state index in [2.05, 4.69) is 10.3 Å². The number of aryl methyl sites for hydroxylation is 1. The first kappa shape index (κ1) is 13.5. The molecule has 0 saturated carbocycles. The van der Waals surface area contributed by atoms with Crippen LogP contribution in [0.4, 0.5) is 0 Å². The van der Waals surface area contributed by atoms with Crippen molar-refractivity contribution in [3.8, 4) is 0 Å². The summed E-state index contributed by atoms with van der Waals surface area (Å²) in [6.07, 6.45) is -0.226. The van der Waals surface area contributed by atoms with Crippen molar-refractivity contribution in [2.75, 3.05) is 5.75 Å². The van der Waals surface area contributed by atoms with Gasteiger partial charge >= 0.3 is 0 Å². The molecule has 1 aromatic rings. The molecule has 0 radical (unpaired) electrons. The molecule has 0 aromatic heterocycles. The Morgan fingerprint density at radius 2 is 2.00 bits per heavy atom. The lowest BCUT2D eigenvalue weighted by Crippen LogP contribution is -2.35. The second kappa shape index (κ2) is 5.79. The molecule has 0 saturated heterocycles. The van der Waals surface area contributed by atoms with Gasteiger partial charge in [-0.3, -0.25) is 14.4 Å². The summed E-state index contributed by atoms with van der Waals surface area (Å²) in [5.41, 5.74) is 1.69. The Bertz CT molecular complexity index is 564. The molecule has 0 atom stereocenters. The molecular weight excluding hydrogens is 264 g/mol. The molecule has 19 heavy (non-hydrogen) atoms. The van der Waals surface area contributed by atoms with E-state index in [9.17, 15) is 14.4 Å². The van der Waals surface area contributed by atoms with Crippen LogP contribution in [0.1, 0.15) is 22.3 Å². The van der Waals surface area contributed by atoms with Crippen LogP contribution >= 0.6 is 11.8 Å². The number of nitrogens with one attached hydrogen (secondary N) is 1. The zero-order valence-corrected chi connectivity index (χ0v) is 11.1. The summed E-state index contributed by atoms with van der Waals surface area (Å²) in [5, 5.41) is 2.66. The second-order valence-electron chi connectivity index (χ2n) is 4.11. The third-order valence-corrected chi connectivity index (χ3v) is 3.37. The first-order chi connectivity index (χ1) is 9.04. The Labute approximate surface area is 114 Å². The van der Waals surface area contributed by atoms with Gasteiger partial charge < -0.3 is 5.32 Å². The fourth-order valence-electron chi connectivity index (χ4n) is 1.51. The smallest absolute Gasteiger partial charge is 0.257 e. The number of nitrogens with zero attached hydrogens (tertiary/aromatic N) is 1. The van der Waals surface area contributed by atoms with E-state index in [0.29, 0.717) is 5.56 Å². The van der Waals surface area contributed by atoms with Gasteiger partial charge in [0.05, 0.1) is 5.75 Å². The molecule has 1 aliphatic rings. The molecule has 5 nitrogen and oxygen atoms in total. The van der Waals surface area contributed by atoms with Crippen molar-refractivity contribution in [2.24, 2.45) is 4.99 Å². The van der Waals surface area contributed by atoms with Crippen molar-refractivity contribution >= 4 is 34.5 Å². The highest BCUT2D eigenvalue weighted by Crippen LogP contribution is 2.11. The van der Waals surface area contributed by atoms with Crippen molar-refractivity contribution < 1.29 is 14.4 Å². The summed E-state index contributed by atoms with van der Waals surface area (Å²) in [6.45, 7) is 1.95. The summed E-state index contributed by atoms with van der Waals surface area (Å²) < 4.78 is 0. The van der Waals surface area contributed by atoms with E-state index in [1.165, 1.54) is 0 Å². The van der Waals surface area contributed by atoms with E-state index in [0.717, 1.165) is 17.3 Å². The number of carbonyl (C=O) groups excluding carboxylic acids is 3. The molecule has 0 spiro atoms. The van der Waals surface area contributed by atoms with Crippen molar-refractivity contribution in [3.05, 3.63) is 35.4 Å². The van der Waals surface area contributed by atoms with Gasteiger partial charge in [0, 0.05) is 5.56 Å². The number of benzene rings is 1. The maximum Gasteiger partial charge on any atom is 0.257 e. The molecule has 0 fully saturated rings. The van der Waals surface area contributed by atoms with Crippen molar-refractivity contribution in [3.63, 3.8) is 0 Å². The molecule has 0 aliphatic carbocycles. The first-order valence-electron chi connectivity index (χ1n) is 5.68. The molecule has 2 rings (SSSR count). The minimum Gasteiger partial charge on any atom is -0.305 e. The van der Waals surface area contributed by atoms with Crippen LogP contribution in [-0.4, -0.2) is 28.5 Å². The van der Waals surface area contributed by atoms with Crippen LogP contribution < -0.4 is 5.32 Å². The monoisotopic (exact) mass is 276 g/mol. The van der Waals surface area contributed by atoms with Gasteiger partial charge in [0.1, 0.15) is 6.42 Å². The lowest BCUT2D eigenvalue weighted by molar-refractivity contribution is -0.127. The summed E-state index contributed by atoms with van der Waals surface area (Å²) in [6, 6.07) is 7.23. The van der Waals surface area contributed by atoms with Crippen LogP contribution in [0.15, 0.2) is 29.3 Å². The van der Waals surface area contributed by atoms with E-state index in [1.54, 1.807) is 12.1 Å². The van der Waals surface area contributed by atoms with Crippen molar-refractivity contribution in [1.82, 2.24) is 5.32 Å². The zero-order valence-electron chi connectivity index (χ0n) is 10.3. The van der Waals surface area contributed by atoms with Gasteiger partial charge in [-0.15, -0.1) is 0 Å². The molecule has 1 aromatic carbocycles. The van der Waals surface area contributed by atoms with Gasteiger partial charge in [0.25, 0.3) is 5.91 Å². The summed E-state index contributed by atoms with van der Waals surface area (Å²) in [4.78, 5) is 37.8. The zero-order chi connectivity index (χ0) is 13.8. The normalized spacial score (nSPS) is 14.9. The molecule has 1 aliphatic heterocycles. The van der Waals surface area contributed by atoms with E-state index in [1.807, 2.05) is 19.1 Å². The Balaban J connectivity index is 1.95. The molecule has 0 bridgehead atoms. The van der Waals surface area contributed by atoms with Crippen LogP contribution in [0.5, 0.6) is 0 Å². The quantitative estimate of drug-likeness (QED) is 0.667. The minimum atomic E-state index is -0.478. The number of amides is 2. The molecule has 2 amide bonds. The number of amidine groups is 1. The van der Waals surface area contributed by atoms with Crippen LogP contribution in [0.25, 0.3) is 0 Å². The number of carbonyl (C=O) groups is 3. The van der Waals surface area contributed by atoms with Crippen molar-refractivity contribution in [2.45, 2.75) is 13.3 Å². The lowest BCUT2D eigenvalue weighted by Gasteiger charge is -2.11. The maximum absolute atomic E-state index is 11.9. The number of hydrogen-bond acceptors (Lipinski definition) is 4. The Morgan fingerprint density at radius 3 is 2.63 bits per heavy atom.